The van der Waals surface area contributed by atoms with Gasteiger partial charge in [0.05, 0.1) is 0 Å². The van der Waals surface area contributed by atoms with Gasteiger partial charge < -0.3 is 14.5 Å². The van der Waals surface area contributed by atoms with Crippen LogP contribution in [0.2, 0.25) is 0 Å². The Labute approximate surface area is 95.3 Å². The van der Waals surface area contributed by atoms with Crippen LogP contribution in [0.25, 0.3) is 0 Å². The maximum absolute atomic E-state index is 11.8. The molecule has 2 rings (SSSR count). The molecule has 1 heterocycles. The van der Waals surface area contributed by atoms with E-state index in [9.17, 15) is 9.59 Å². The SMILES string of the molecule is COCC(=O)N1CCN(C(=O)C2CC2)CC1. The predicted molar refractivity (Wildman–Crippen MR) is 57.8 cm³/mol. The van der Waals surface area contributed by atoms with Gasteiger partial charge in [0, 0.05) is 39.2 Å². The minimum atomic E-state index is 0.0148. The predicted octanol–water partition coefficient (Wildman–Crippen LogP) is -0.286. The molecule has 2 fully saturated rings. The molecule has 5 nitrogen and oxygen atoms in total. The van der Waals surface area contributed by atoms with E-state index in [2.05, 4.69) is 0 Å². The molecule has 2 amide bonds. The maximum Gasteiger partial charge on any atom is 0.248 e. The molecular formula is C11H18N2O3. The molecule has 0 N–H and O–H groups in total. The standard InChI is InChI=1S/C11H18N2O3/c1-16-8-10(14)12-4-6-13(7-5-12)11(15)9-2-3-9/h9H,2-8H2,1H3. The third-order valence-electron chi connectivity index (χ3n) is 3.14. The number of nitrogens with zero attached hydrogens (tertiary/aromatic N) is 2. The van der Waals surface area contributed by atoms with Gasteiger partial charge in [-0.15, -0.1) is 0 Å². The number of hydrogen-bond acceptors (Lipinski definition) is 3. The molecule has 2 aliphatic rings. The summed E-state index contributed by atoms with van der Waals surface area (Å²) in [6.45, 7) is 2.76. The molecule has 1 aliphatic carbocycles. The van der Waals surface area contributed by atoms with Crippen molar-refractivity contribution >= 4 is 11.8 Å². The maximum atomic E-state index is 11.8. The molecule has 1 aliphatic heterocycles. The van der Waals surface area contributed by atoms with E-state index in [4.69, 9.17) is 4.74 Å². The molecule has 1 saturated heterocycles. The van der Waals surface area contributed by atoms with Crippen molar-refractivity contribution in [2.45, 2.75) is 12.8 Å². The molecule has 0 aromatic carbocycles. The van der Waals surface area contributed by atoms with Gasteiger partial charge in [-0.1, -0.05) is 0 Å². The Morgan fingerprint density at radius 2 is 1.69 bits per heavy atom. The van der Waals surface area contributed by atoms with Crippen LogP contribution in [0.4, 0.5) is 0 Å². The van der Waals surface area contributed by atoms with E-state index in [1.807, 2.05) is 4.90 Å². The van der Waals surface area contributed by atoms with Crippen molar-refractivity contribution in [3.63, 3.8) is 0 Å². The Hall–Kier alpha value is -1.10. The average Bonchev–Trinajstić information content (AvgIpc) is 3.12. The summed E-state index contributed by atoms with van der Waals surface area (Å²) < 4.78 is 4.81. The van der Waals surface area contributed by atoms with Crippen LogP contribution >= 0.6 is 0 Å². The van der Waals surface area contributed by atoms with Crippen molar-refractivity contribution in [3.05, 3.63) is 0 Å². The fraction of sp³-hybridized carbons (Fsp3) is 0.818. The second-order valence-corrected chi connectivity index (χ2v) is 4.41. The quantitative estimate of drug-likeness (QED) is 0.664. The van der Waals surface area contributed by atoms with Crippen LogP contribution in [-0.2, 0) is 14.3 Å². The van der Waals surface area contributed by atoms with Crippen molar-refractivity contribution in [2.75, 3.05) is 39.9 Å². The van der Waals surface area contributed by atoms with E-state index in [-0.39, 0.29) is 24.3 Å². The lowest BCUT2D eigenvalue weighted by molar-refractivity contribution is -0.142. The van der Waals surface area contributed by atoms with Gasteiger partial charge in [-0.05, 0) is 12.8 Å². The number of hydrogen-bond donors (Lipinski definition) is 0. The fourth-order valence-electron chi connectivity index (χ4n) is 1.98. The molecule has 16 heavy (non-hydrogen) atoms. The molecule has 0 aromatic heterocycles. The first-order chi connectivity index (χ1) is 7.72. The summed E-state index contributed by atoms with van der Waals surface area (Å²) >= 11 is 0. The van der Waals surface area contributed by atoms with Crippen LogP contribution in [0, 0.1) is 5.92 Å². The largest absolute Gasteiger partial charge is 0.375 e. The lowest BCUT2D eigenvalue weighted by Crippen LogP contribution is -2.51. The molecule has 90 valence electrons. The van der Waals surface area contributed by atoms with Crippen molar-refractivity contribution in [3.8, 4) is 0 Å². The molecular weight excluding hydrogens is 208 g/mol. The molecule has 0 bridgehead atoms. The number of ether oxygens (including phenoxy) is 1. The van der Waals surface area contributed by atoms with Crippen LogP contribution < -0.4 is 0 Å². The summed E-state index contributed by atoms with van der Waals surface area (Å²) in [5.74, 6) is 0.570. The van der Waals surface area contributed by atoms with E-state index in [0.717, 1.165) is 12.8 Å². The number of carbonyl (C=O) groups is 2. The summed E-state index contributed by atoms with van der Waals surface area (Å²) in [4.78, 5) is 26.9. The Morgan fingerprint density at radius 1 is 1.12 bits per heavy atom. The third-order valence-corrected chi connectivity index (χ3v) is 3.14. The highest BCUT2D eigenvalue weighted by atomic mass is 16.5. The number of amides is 2. The van der Waals surface area contributed by atoms with Crippen molar-refractivity contribution in [1.82, 2.24) is 9.80 Å². The van der Waals surface area contributed by atoms with Gasteiger partial charge in [-0.3, -0.25) is 9.59 Å². The molecule has 0 aromatic rings. The number of methoxy groups -OCH3 is 1. The second-order valence-electron chi connectivity index (χ2n) is 4.41. The highest BCUT2D eigenvalue weighted by Crippen LogP contribution is 2.31. The van der Waals surface area contributed by atoms with E-state index in [0.29, 0.717) is 26.2 Å². The van der Waals surface area contributed by atoms with Gasteiger partial charge in [0.25, 0.3) is 0 Å². The zero-order chi connectivity index (χ0) is 11.5. The Bertz CT molecular complexity index is 281. The molecule has 0 atom stereocenters. The molecule has 5 heteroatoms. The third kappa shape index (κ3) is 2.52. The Morgan fingerprint density at radius 3 is 2.19 bits per heavy atom. The van der Waals surface area contributed by atoms with Crippen molar-refractivity contribution < 1.29 is 14.3 Å². The van der Waals surface area contributed by atoms with Crippen LogP contribution in [0.1, 0.15) is 12.8 Å². The minimum absolute atomic E-state index is 0.0148. The van der Waals surface area contributed by atoms with Crippen LogP contribution in [-0.4, -0.2) is 61.5 Å². The zero-order valence-electron chi connectivity index (χ0n) is 9.65. The van der Waals surface area contributed by atoms with Crippen LogP contribution in [0.5, 0.6) is 0 Å². The first-order valence-electron chi connectivity index (χ1n) is 5.78. The van der Waals surface area contributed by atoms with Crippen LogP contribution in [0.15, 0.2) is 0 Å². The van der Waals surface area contributed by atoms with Crippen LogP contribution in [0.3, 0.4) is 0 Å². The topological polar surface area (TPSA) is 49.9 Å². The fourth-order valence-corrected chi connectivity index (χ4v) is 1.98. The monoisotopic (exact) mass is 226 g/mol. The minimum Gasteiger partial charge on any atom is -0.375 e. The summed E-state index contributed by atoms with van der Waals surface area (Å²) in [6.07, 6.45) is 2.09. The van der Waals surface area contributed by atoms with Crippen molar-refractivity contribution in [2.24, 2.45) is 5.92 Å². The van der Waals surface area contributed by atoms with Gasteiger partial charge in [0.2, 0.25) is 11.8 Å². The highest BCUT2D eigenvalue weighted by molar-refractivity contribution is 5.82. The highest BCUT2D eigenvalue weighted by Gasteiger charge is 2.35. The molecule has 0 unspecified atom stereocenters. The smallest absolute Gasteiger partial charge is 0.248 e. The lowest BCUT2D eigenvalue weighted by Gasteiger charge is -2.34. The normalized spacial score (nSPS) is 21.1. The summed E-state index contributed by atoms with van der Waals surface area (Å²) in [5.41, 5.74) is 0. The van der Waals surface area contributed by atoms with Gasteiger partial charge in [-0.25, -0.2) is 0 Å². The summed E-state index contributed by atoms with van der Waals surface area (Å²) in [5, 5.41) is 0. The molecule has 0 radical (unpaired) electrons. The zero-order valence-corrected chi connectivity index (χ0v) is 9.65. The average molecular weight is 226 g/mol. The Balaban J connectivity index is 1.77. The van der Waals surface area contributed by atoms with Crippen molar-refractivity contribution in [1.29, 1.82) is 0 Å². The summed E-state index contributed by atoms with van der Waals surface area (Å²) in [6, 6.07) is 0. The number of rotatable bonds is 3. The number of piperazine rings is 1. The molecule has 0 spiro atoms. The van der Waals surface area contributed by atoms with Gasteiger partial charge >= 0.3 is 0 Å². The van der Waals surface area contributed by atoms with Gasteiger partial charge in [0.15, 0.2) is 0 Å². The number of carbonyl (C=O) groups excluding carboxylic acids is 2. The van der Waals surface area contributed by atoms with E-state index < -0.39 is 0 Å². The van der Waals surface area contributed by atoms with Gasteiger partial charge in [0.1, 0.15) is 6.61 Å². The summed E-state index contributed by atoms with van der Waals surface area (Å²) in [7, 11) is 1.52. The molecule has 1 saturated carbocycles. The lowest BCUT2D eigenvalue weighted by atomic mass is 10.2. The Kier molecular flexibility index (Phi) is 3.43. The van der Waals surface area contributed by atoms with E-state index in [1.165, 1.54) is 7.11 Å². The van der Waals surface area contributed by atoms with Gasteiger partial charge in [-0.2, -0.15) is 0 Å². The first kappa shape index (κ1) is 11.4. The van der Waals surface area contributed by atoms with E-state index in [1.54, 1.807) is 4.90 Å². The second kappa shape index (κ2) is 4.82. The van der Waals surface area contributed by atoms with E-state index >= 15 is 0 Å². The first-order valence-corrected chi connectivity index (χ1v) is 5.78.